The van der Waals surface area contributed by atoms with Gasteiger partial charge in [0.25, 0.3) is 0 Å². The Kier molecular flexibility index (Phi) is 5.01. The van der Waals surface area contributed by atoms with E-state index in [1.165, 1.54) is 6.42 Å². The quantitative estimate of drug-likeness (QED) is 0.781. The summed E-state index contributed by atoms with van der Waals surface area (Å²) < 4.78 is 5.65. The lowest BCUT2D eigenvalue weighted by Crippen LogP contribution is -2.45. The lowest BCUT2D eigenvalue weighted by atomic mass is 9.81. The number of rotatable bonds is 5. The zero-order chi connectivity index (χ0) is 12.8. The number of amides is 1. The maximum Gasteiger partial charge on any atom is 0.227 e. The van der Waals surface area contributed by atoms with Crippen molar-refractivity contribution < 1.29 is 9.53 Å². The van der Waals surface area contributed by atoms with E-state index in [9.17, 15) is 4.79 Å². The molecule has 104 valence electrons. The standard InChI is InChI=1S/C14H26N2O2/c1-2-6-14(7-8-15-11-14)13(17)16-10-12-5-3-4-9-18-12/h12,15H,2-11H2,1H3,(H,16,17). The Morgan fingerprint density at radius 1 is 1.50 bits per heavy atom. The van der Waals surface area contributed by atoms with Crippen molar-refractivity contribution in [2.45, 2.75) is 51.6 Å². The van der Waals surface area contributed by atoms with Crippen LogP contribution in [0.25, 0.3) is 0 Å². The Hall–Kier alpha value is -0.610. The summed E-state index contributed by atoms with van der Waals surface area (Å²) in [6, 6.07) is 0. The van der Waals surface area contributed by atoms with Gasteiger partial charge in [-0.1, -0.05) is 13.3 Å². The molecule has 2 unspecified atom stereocenters. The number of hydrogen-bond donors (Lipinski definition) is 2. The summed E-state index contributed by atoms with van der Waals surface area (Å²) in [7, 11) is 0. The highest BCUT2D eigenvalue weighted by molar-refractivity contribution is 5.83. The van der Waals surface area contributed by atoms with E-state index in [4.69, 9.17) is 4.74 Å². The van der Waals surface area contributed by atoms with Crippen molar-refractivity contribution in [1.29, 1.82) is 0 Å². The minimum atomic E-state index is -0.163. The first kappa shape index (κ1) is 13.8. The molecule has 0 aromatic heterocycles. The third-order valence-electron chi connectivity index (χ3n) is 4.22. The van der Waals surface area contributed by atoms with Gasteiger partial charge in [0.15, 0.2) is 0 Å². The molecule has 2 rings (SSSR count). The van der Waals surface area contributed by atoms with Crippen molar-refractivity contribution in [1.82, 2.24) is 10.6 Å². The molecule has 2 aliphatic heterocycles. The van der Waals surface area contributed by atoms with Crippen LogP contribution in [0.4, 0.5) is 0 Å². The van der Waals surface area contributed by atoms with Gasteiger partial charge in [-0.25, -0.2) is 0 Å². The summed E-state index contributed by atoms with van der Waals surface area (Å²) in [6.45, 7) is 5.48. The van der Waals surface area contributed by atoms with Crippen LogP contribution in [0.15, 0.2) is 0 Å². The van der Waals surface area contributed by atoms with Crippen LogP contribution >= 0.6 is 0 Å². The van der Waals surface area contributed by atoms with Crippen LogP contribution in [0.3, 0.4) is 0 Å². The summed E-state index contributed by atoms with van der Waals surface area (Å²) in [4.78, 5) is 12.4. The summed E-state index contributed by atoms with van der Waals surface area (Å²) in [5.41, 5.74) is -0.163. The molecule has 2 fully saturated rings. The first-order valence-corrected chi connectivity index (χ1v) is 7.37. The van der Waals surface area contributed by atoms with E-state index < -0.39 is 0 Å². The Balaban J connectivity index is 1.81. The van der Waals surface area contributed by atoms with Gasteiger partial charge >= 0.3 is 0 Å². The van der Waals surface area contributed by atoms with Gasteiger partial charge in [0.05, 0.1) is 11.5 Å². The molecule has 0 saturated carbocycles. The highest BCUT2D eigenvalue weighted by Gasteiger charge is 2.40. The summed E-state index contributed by atoms with van der Waals surface area (Å²) in [5, 5.41) is 6.44. The molecule has 2 saturated heterocycles. The SMILES string of the molecule is CCCC1(C(=O)NCC2CCCCO2)CCNC1. The smallest absolute Gasteiger partial charge is 0.227 e. The lowest BCUT2D eigenvalue weighted by molar-refractivity contribution is -0.131. The number of carbonyl (C=O) groups excluding carboxylic acids is 1. The fourth-order valence-corrected chi connectivity index (χ4v) is 3.11. The third kappa shape index (κ3) is 3.23. The van der Waals surface area contributed by atoms with Crippen LogP contribution in [0.2, 0.25) is 0 Å². The second-order valence-electron chi connectivity index (χ2n) is 5.66. The molecule has 0 bridgehead atoms. The van der Waals surface area contributed by atoms with Crippen molar-refractivity contribution in [3.05, 3.63) is 0 Å². The van der Waals surface area contributed by atoms with E-state index >= 15 is 0 Å². The normalized spacial score (nSPS) is 32.4. The van der Waals surface area contributed by atoms with E-state index in [1.54, 1.807) is 0 Å². The van der Waals surface area contributed by atoms with Crippen molar-refractivity contribution in [2.75, 3.05) is 26.2 Å². The van der Waals surface area contributed by atoms with Crippen LogP contribution in [0, 0.1) is 5.41 Å². The van der Waals surface area contributed by atoms with Gasteiger partial charge in [0.2, 0.25) is 5.91 Å². The average molecular weight is 254 g/mol. The first-order chi connectivity index (χ1) is 8.77. The summed E-state index contributed by atoms with van der Waals surface area (Å²) >= 11 is 0. The summed E-state index contributed by atoms with van der Waals surface area (Å²) in [6.07, 6.45) is 6.72. The number of carbonyl (C=O) groups is 1. The third-order valence-corrected chi connectivity index (χ3v) is 4.22. The van der Waals surface area contributed by atoms with Crippen LogP contribution in [-0.2, 0) is 9.53 Å². The second-order valence-corrected chi connectivity index (χ2v) is 5.66. The van der Waals surface area contributed by atoms with Crippen molar-refractivity contribution in [2.24, 2.45) is 5.41 Å². The van der Waals surface area contributed by atoms with Crippen LogP contribution < -0.4 is 10.6 Å². The predicted molar refractivity (Wildman–Crippen MR) is 71.4 cm³/mol. The molecule has 1 amide bonds. The molecule has 2 atom stereocenters. The Morgan fingerprint density at radius 3 is 3.00 bits per heavy atom. The fourth-order valence-electron chi connectivity index (χ4n) is 3.11. The molecule has 4 nitrogen and oxygen atoms in total. The Morgan fingerprint density at radius 2 is 2.39 bits per heavy atom. The number of nitrogens with one attached hydrogen (secondary N) is 2. The minimum Gasteiger partial charge on any atom is -0.376 e. The zero-order valence-corrected chi connectivity index (χ0v) is 11.5. The molecule has 2 aliphatic rings. The van der Waals surface area contributed by atoms with E-state index in [0.717, 1.165) is 51.8 Å². The molecule has 0 spiro atoms. The minimum absolute atomic E-state index is 0.163. The van der Waals surface area contributed by atoms with Gasteiger partial charge in [-0.2, -0.15) is 0 Å². The first-order valence-electron chi connectivity index (χ1n) is 7.37. The van der Waals surface area contributed by atoms with Gasteiger partial charge in [-0.3, -0.25) is 4.79 Å². The molecule has 2 N–H and O–H groups in total. The van der Waals surface area contributed by atoms with Crippen molar-refractivity contribution in [3.8, 4) is 0 Å². The maximum atomic E-state index is 12.4. The maximum absolute atomic E-state index is 12.4. The molecule has 4 heteroatoms. The van der Waals surface area contributed by atoms with Gasteiger partial charge in [-0.15, -0.1) is 0 Å². The average Bonchev–Trinajstić information content (AvgIpc) is 2.87. The van der Waals surface area contributed by atoms with E-state index in [-0.39, 0.29) is 17.4 Å². The molecular weight excluding hydrogens is 228 g/mol. The summed E-state index contributed by atoms with van der Waals surface area (Å²) in [5.74, 6) is 0.225. The molecular formula is C14H26N2O2. The molecule has 0 aromatic rings. The van der Waals surface area contributed by atoms with Crippen LogP contribution in [0.5, 0.6) is 0 Å². The Labute approximate surface area is 110 Å². The number of ether oxygens (including phenoxy) is 1. The predicted octanol–water partition coefficient (Wildman–Crippen LogP) is 1.45. The van der Waals surface area contributed by atoms with Gasteiger partial charge in [0, 0.05) is 19.7 Å². The Bertz CT molecular complexity index is 269. The largest absolute Gasteiger partial charge is 0.376 e. The molecule has 0 aromatic carbocycles. The molecule has 0 radical (unpaired) electrons. The van der Waals surface area contributed by atoms with E-state index in [2.05, 4.69) is 17.6 Å². The zero-order valence-electron chi connectivity index (χ0n) is 11.5. The number of hydrogen-bond acceptors (Lipinski definition) is 3. The van der Waals surface area contributed by atoms with E-state index in [0.29, 0.717) is 6.54 Å². The highest BCUT2D eigenvalue weighted by atomic mass is 16.5. The van der Waals surface area contributed by atoms with E-state index in [1.807, 2.05) is 0 Å². The van der Waals surface area contributed by atoms with Crippen molar-refractivity contribution in [3.63, 3.8) is 0 Å². The second kappa shape index (κ2) is 6.53. The van der Waals surface area contributed by atoms with Crippen LogP contribution in [-0.4, -0.2) is 38.3 Å². The van der Waals surface area contributed by atoms with Crippen molar-refractivity contribution >= 4 is 5.91 Å². The van der Waals surface area contributed by atoms with Crippen LogP contribution in [0.1, 0.15) is 45.4 Å². The molecule has 18 heavy (non-hydrogen) atoms. The topological polar surface area (TPSA) is 50.4 Å². The molecule has 2 heterocycles. The fraction of sp³-hybridized carbons (Fsp3) is 0.929. The monoisotopic (exact) mass is 254 g/mol. The van der Waals surface area contributed by atoms with Gasteiger partial charge in [-0.05, 0) is 38.6 Å². The van der Waals surface area contributed by atoms with Gasteiger partial charge < -0.3 is 15.4 Å². The van der Waals surface area contributed by atoms with Gasteiger partial charge in [0.1, 0.15) is 0 Å². The lowest BCUT2D eigenvalue weighted by Gasteiger charge is -2.29. The highest BCUT2D eigenvalue weighted by Crippen LogP contribution is 2.31. The molecule has 0 aliphatic carbocycles.